The van der Waals surface area contributed by atoms with Gasteiger partial charge in [0.05, 0.1) is 5.69 Å². The number of hydrogen-bond acceptors (Lipinski definition) is 5. The molecule has 28 heavy (non-hydrogen) atoms. The average Bonchev–Trinajstić information content (AvgIpc) is 3.15. The molecule has 2 aromatic carbocycles. The highest BCUT2D eigenvalue weighted by molar-refractivity contribution is 5.81. The summed E-state index contributed by atoms with van der Waals surface area (Å²) < 4.78 is 10.8. The maximum atomic E-state index is 9.61. The average molecular weight is 371 g/mol. The maximum Gasteiger partial charge on any atom is 0.231 e. The highest BCUT2D eigenvalue weighted by Crippen LogP contribution is 2.38. The Hall–Kier alpha value is -3.52. The summed E-state index contributed by atoms with van der Waals surface area (Å²) in [6.45, 7) is 4.61. The minimum Gasteiger partial charge on any atom is -0.454 e. The summed E-state index contributed by atoms with van der Waals surface area (Å²) in [6, 6.07) is 18.0. The minimum absolute atomic E-state index is 0.205. The van der Waals surface area contributed by atoms with Gasteiger partial charge in [-0.15, -0.1) is 0 Å². The zero-order chi connectivity index (χ0) is 19.7. The second-order valence-electron chi connectivity index (χ2n) is 7.29. The van der Waals surface area contributed by atoms with Crippen molar-refractivity contribution in [3.8, 4) is 40.0 Å². The van der Waals surface area contributed by atoms with Crippen LogP contribution in [0.2, 0.25) is 0 Å². The van der Waals surface area contributed by atoms with Gasteiger partial charge in [-0.1, -0.05) is 44.2 Å². The van der Waals surface area contributed by atoms with E-state index in [1.807, 2.05) is 24.3 Å². The van der Waals surface area contributed by atoms with Gasteiger partial charge in [-0.25, -0.2) is 4.98 Å². The number of pyridine rings is 1. The molecule has 0 fully saturated rings. The van der Waals surface area contributed by atoms with E-state index in [1.165, 1.54) is 5.56 Å². The molecule has 140 valence electrons. The second kappa shape index (κ2) is 7.24. The summed E-state index contributed by atoms with van der Waals surface area (Å²) in [7, 11) is 0. The molecule has 1 aliphatic heterocycles. The number of nitrogens with two attached hydrogens (primary N) is 1. The highest BCUT2D eigenvalue weighted by atomic mass is 16.7. The summed E-state index contributed by atoms with van der Waals surface area (Å²) in [5, 5.41) is 9.61. The smallest absolute Gasteiger partial charge is 0.231 e. The van der Waals surface area contributed by atoms with Crippen molar-refractivity contribution in [2.45, 2.75) is 20.3 Å². The number of benzene rings is 2. The van der Waals surface area contributed by atoms with Gasteiger partial charge in [0.15, 0.2) is 11.5 Å². The Labute approximate surface area is 164 Å². The van der Waals surface area contributed by atoms with Crippen molar-refractivity contribution >= 4 is 5.82 Å². The minimum atomic E-state index is 0.205. The van der Waals surface area contributed by atoms with Gasteiger partial charge in [0.1, 0.15) is 17.5 Å². The van der Waals surface area contributed by atoms with Gasteiger partial charge in [0.2, 0.25) is 6.79 Å². The Morgan fingerprint density at radius 1 is 1.04 bits per heavy atom. The van der Waals surface area contributed by atoms with Crippen molar-refractivity contribution in [2.75, 3.05) is 12.5 Å². The third-order valence-corrected chi connectivity index (χ3v) is 4.74. The topological polar surface area (TPSA) is 81.2 Å². The number of nitrogen functional groups attached to an aromatic ring is 1. The Balaban J connectivity index is 1.77. The molecule has 3 aromatic rings. The van der Waals surface area contributed by atoms with Gasteiger partial charge in [-0.05, 0) is 41.7 Å². The van der Waals surface area contributed by atoms with Crippen molar-refractivity contribution < 1.29 is 9.47 Å². The molecule has 0 atom stereocenters. The number of hydrogen-bond donors (Lipinski definition) is 1. The third-order valence-electron chi connectivity index (χ3n) is 4.74. The van der Waals surface area contributed by atoms with Gasteiger partial charge in [-0.3, -0.25) is 0 Å². The van der Waals surface area contributed by atoms with Gasteiger partial charge < -0.3 is 15.2 Å². The first-order valence-corrected chi connectivity index (χ1v) is 9.25. The number of fused-ring (bicyclic) bond motifs is 1. The van der Waals surface area contributed by atoms with Crippen molar-refractivity contribution in [2.24, 2.45) is 5.92 Å². The zero-order valence-corrected chi connectivity index (χ0v) is 15.9. The van der Waals surface area contributed by atoms with E-state index in [0.29, 0.717) is 23.0 Å². The molecule has 0 bridgehead atoms. The first-order valence-electron chi connectivity index (χ1n) is 9.25. The zero-order valence-electron chi connectivity index (χ0n) is 15.9. The lowest BCUT2D eigenvalue weighted by Gasteiger charge is -2.11. The number of nitrogens with zero attached hydrogens (tertiary/aromatic N) is 2. The van der Waals surface area contributed by atoms with Gasteiger partial charge >= 0.3 is 0 Å². The molecule has 5 heteroatoms. The summed E-state index contributed by atoms with van der Waals surface area (Å²) in [5.41, 5.74) is 11.0. The molecule has 4 rings (SSSR count). The van der Waals surface area contributed by atoms with Gasteiger partial charge in [-0.2, -0.15) is 5.26 Å². The largest absolute Gasteiger partial charge is 0.454 e. The van der Waals surface area contributed by atoms with E-state index in [9.17, 15) is 5.26 Å². The summed E-state index contributed by atoms with van der Waals surface area (Å²) >= 11 is 0. The standard InChI is InChI=1S/C23H21N3O2/c1-14(2)9-15-3-5-16(6-4-15)20-11-18(19(12-24)23(25)26-20)17-7-8-21-22(10-17)28-13-27-21/h3-8,10-11,14H,9,13H2,1-2H3,(H2,25,26). The molecule has 1 aromatic heterocycles. The molecule has 5 nitrogen and oxygen atoms in total. The van der Waals surface area contributed by atoms with Crippen LogP contribution < -0.4 is 15.2 Å². The molecule has 0 spiro atoms. The van der Waals surface area contributed by atoms with Crippen LogP contribution in [-0.2, 0) is 6.42 Å². The second-order valence-corrected chi connectivity index (χ2v) is 7.29. The normalized spacial score (nSPS) is 12.2. The molecular weight excluding hydrogens is 350 g/mol. The summed E-state index contributed by atoms with van der Waals surface area (Å²) in [6.07, 6.45) is 1.03. The fourth-order valence-electron chi connectivity index (χ4n) is 3.40. The first kappa shape index (κ1) is 17.9. The Morgan fingerprint density at radius 3 is 2.46 bits per heavy atom. The van der Waals surface area contributed by atoms with Gasteiger partial charge in [0.25, 0.3) is 0 Å². The van der Waals surface area contributed by atoms with Crippen LogP contribution >= 0.6 is 0 Å². The SMILES string of the molecule is CC(C)Cc1ccc(-c2cc(-c3ccc4c(c3)OCO4)c(C#N)c(N)n2)cc1. The van der Waals surface area contributed by atoms with E-state index in [0.717, 1.165) is 28.8 Å². The van der Waals surface area contributed by atoms with Crippen LogP contribution in [0.3, 0.4) is 0 Å². The summed E-state index contributed by atoms with van der Waals surface area (Å²) in [4.78, 5) is 4.46. The number of rotatable bonds is 4. The van der Waals surface area contributed by atoms with Crippen LogP contribution in [-0.4, -0.2) is 11.8 Å². The van der Waals surface area contributed by atoms with Crippen molar-refractivity contribution in [1.29, 1.82) is 5.26 Å². The highest BCUT2D eigenvalue weighted by Gasteiger charge is 2.18. The van der Waals surface area contributed by atoms with Crippen LogP contribution in [0.25, 0.3) is 22.4 Å². The third kappa shape index (κ3) is 3.37. The molecule has 0 saturated heterocycles. The molecule has 0 aliphatic carbocycles. The Kier molecular flexibility index (Phi) is 4.62. The fraction of sp³-hybridized carbons (Fsp3) is 0.217. The molecule has 2 heterocycles. The summed E-state index contributed by atoms with van der Waals surface area (Å²) in [5.74, 6) is 2.19. The van der Waals surface area contributed by atoms with Crippen molar-refractivity contribution in [3.63, 3.8) is 0 Å². The number of aromatic nitrogens is 1. The lowest BCUT2D eigenvalue weighted by atomic mass is 9.97. The number of nitriles is 1. The molecule has 0 saturated carbocycles. The lowest BCUT2D eigenvalue weighted by molar-refractivity contribution is 0.174. The van der Waals surface area contributed by atoms with E-state index in [-0.39, 0.29) is 12.6 Å². The molecular formula is C23H21N3O2. The monoisotopic (exact) mass is 371 g/mol. The van der Waals surface area contributed by atoms with Crippen molar-refractivity contribution in [3.05, 3.63) is 59.7 Å². The Bertz CT molecular complexity index is 1070. The molecule has 0 unspecified atom stereocenters. The molecule has 0 radical (unpaired) electrons. The Morgan fingerprint density at radius 2 is 1.75 bits per heavy atom. The fourth-order valence-corrected chi connectivity index (χ4v) is 3.40. The van der Waals surface area contributed by atoms with Crippen LogP contribution in [0.1, 0.15) is 25.0 Å². The van der Waals surface area contributed by atoms with E-state index in [4.69, 9.17) is 15.2 Å². The molecule has 0 amide bonds. The first-order chi connectivity index (χ1) is 13.5. The molecule has 2 N–H and O–H groups in total. The van der Waals surface area contributed by atoms with E-state index in [2.05, 4.69) is 49.2 Å². The number of ether oxygens (including phenoxy) is 2. The van der Waals surface area contributed by atoms with Gasteiger partial charge in [0, 0.05) is 11.1 Å². The number of anilines is 1. The maximum absolute atomic E-state index is 9.61. The quantitative estimate of drug-likeness (QED) is 0.713. The predicted molar refractivity (Wildman–Crippen MR) is 109 cm³/mol. The van der Waals surface area contributed by atoms with Crippen LogP contribution in [0, 0.1) is 17.2 Å². The van der Waals surface area contributed by atoms with E-state index in [1.54, 1.807) is 0 Å². The van der Waals surface area contributed by atoms with Crippen molar-refractivity contribution in [1.82, 2.24) is 4.98 Å². The van der Waals surface area contributed by atoms with E-state index < -0.39 is 0 Å². The van der Waals surface area contributed by atoms with Crippen LogP contribution in [0.15, 0.2) is 48.5 Å². The predicted octanol–water partition coefficient (Wildman–Crippen LogP) is 4.80. The molecule has 1 aliphatic rings. The lowest BCUT2D eigenvalue weighted by Crippen LogP contribution is -2.00. The van der Waals surface area contributed by atoms with Crippen LogP contribution in [0.4, 0.5) is 5.82 Å². The van der Waals surface area contributed by atoms with E-state index >= 15 is 0 Å². The van der Waals surface area contributed by atoms with Crippen LogP contribution in [0.5, 0.6) is 11.5 Å².